The second kappa shape index (κ2) is 6.58. The normalized spacial score (nSPS) is 10.8. The minimum atomic E-state index is -0.577. The number of rotatable bonds is 4. The van der Waals surface area contributed by atoms with Crippen LogP contribution in [0.25, 0.3) is 6.08 Å². The van der Waals surface area contributed by atoms with Crippen LogP contribution in [0.4, 0.5) is 5.69 Å². The van der Waals surface area contributed by atoms with E-state index in [1.807, 2.05) is 43.3 Å². The first-order valence-corrected chi connectivity index (χ1v) is 5.79. The van der Waals surface area contributed by atoms with Gasteiger partial charge in [0.1, 0.15) is 5.70 Å². The van der Waals surface area contributed by atoms with Crippen LogP contribution in [-0.2, 0) is 14.3 Å². The van der Waals surface area contributed by atoms with Crippen molar-refractivity contribution in [1.82, 2.24) is 5.32 Å². The maximum Gasteiger partial charge on any atom is 0.354 e. The van der Waals surface area contributed by atoms with Crippen LogP contribution in [-0.4, -0.2) is 33.1 Å². The van der Waals surface area contributed by atoms with Gasteiger partial charge in [0.2, 0.25) is 5.91 Å². The Morgan fingerprint density at radius 1 is 1.21 bits per heavy atom. The maximum absolute atomic E-state index is 11.5. The quantitative estimate of drug-likeness (QED) is 0.658. The van der Waals surface area contributed by atoms with Crippen molar-refractivity contribution in [3.05, 3.63) is 35.5 Å². The number of carbonyl (C=O) groups is 2. The van der Waals surface area contributed by atoms with E-state index in [0.717, 1.165) is 11.3 Å². The smallest absolute Gasteiger partial charge is 0.354 e. The molecule has 0 heterocycles. The number of carbonyl (C=O) groups excluding carboxylic acids is 2. The van der Waals surface area contributed by atoms with E-state index in [1.54, 1.807) is 6.08 Å². The monoisotopic (exact) mass is 262 g/mol. The van der Waals surface area contributed by atoms with Crippen molar-refractivity contribution in [2.75, 3.05) is 26.1 Å². The number of methoxy groups -OCH3 is 1. The summed E-state index contributed by atoms with van der Waals surface area (Å²) in [6, 6.07) is 7.57. The third-order valence-corrected chi connectivity index (χ3v) is 2.44. The molecule has 1 rings (SSSR count). The van der Waals surface area contributed by atoms with Crippen molar-refractivity contribution in [1.29, 1.82) is 0 Å². The fourth-order valence-electron chi connectivity index (χ4n) is 1.48. The van der Waals surface area contributed by atoms with Crippen LogP contribution in [0.2, 0.25) is 0 Å². The number of benzene rings is 1. The molecule has 0 saturated carbocycles. The molecule has 0 aliphatic rings. The third kappa shape index (κ3) is 4.46. The molecule has 102 valence electrons. The van der Waals surface area contributed by atoms with Crippen LogP contribution in [0.1, 0.15) is 12.5 Å². The number of ether oxygens (including phenoxy) is 1. The highest BCUT2D eigenvalue weighted by molar-refractivity contribution is 5.97. The summed E-state index contributed by atoms with van der Waals surface area (Å²) in [6.45, 7) is 1.34. The summed E-state index contributed by atoms with van der Waals surface area (Å²) in [5.41, 5.74) is 1.98. The molecule has 0 aliphatic carbocycles. The zero-order valence-corrected chi connectivity index (χ0v) is 11.6. The summed E-state index contributed by atoms with van der Waals surface area (Å²) in [5, 5.41) is 2.45. The minimum absolute atomic E-state index is 0.118. The Morgan fingerprint density at radius 3 is 2.21 bits per heavy atom. The fraction of sp³-hybridized carbons (Fsp3) is 0.286. The Kier molecular flexibility index (Phi) is 5.11. The highest BCUT2D eigenvalue weighted by atomic mass is 16.5. The number of esters is 1. The Morgan fingerprint density at radius 2 is 1.79 bits per heavy atom. The highest BCUT2D eigenvalue weighted by Gasteiger charge is 2.10. The molecule has 1 aromatic rings. The van der Waals surface area contributed by atoms with Crippen LogP contribution in [0, 0.1) is 0 Å². The summed E-state index contributed by atoms with van der Waals surface area (Å²) in [6.07, 6.45) is 1.58. The minimum Gasteiger partial charge on any atom is -0.464 e. The van der Waals surface area contributed by atoms with Gasteiger partial charge in [0, 0.05) is 26.7 Å². The molecule has 0 aliphatic heterocycles. The van der Waals surface area contributed by atoms with Crippen molar-refractivity contribution in [3.8, 4) is 0 Å². The molecule has 0 bridgehead atoms. The van der Waals surface area contributed by atoms with Crippen LogP contribution in [0.5, 0.6) is 0 Å². The lowest BCUT2D eigenvalue weighted by Gasteiger charge is -2.12. The molecule has 0 saturated heterocycles. The zero-order valence-electron chi connectivity index (χ0n) is 11.6. The lowest BCUT2D eigenvalue weighted by atomic mass is 10.1. The van der Waals surface area contributed by atoms with Gasteiger partial charge in [0.25, 0.3) is 0 Å². The summed E-state index contributed by atoms with van der Waals surface area (Å²) in [7, 11) is 5.16. The van der Waals surface area contributed by atoms with Crippen molar-refractivity contribution in [2.45, 2.75) is 6.92 Å². The number of amides is 1. The second-order valence-corrected chi connectivity index (χ2v) is 4.22. The molecule has 1 aromatic carbocycles. The van der Waals surface area contributed by atoms with Crippen LogP contribution >= 0.6 is 0 Å². The second-order valence-electron chi connectivity index (χ2n) is 4.22. The lowest BCUT2D eigenvalue weighted by Crippen LogP contribution is -2.25. The molecule has 0 unspecified atom stereocenters. The Bertz CT molecular complexity index is 490. The van der Waals surface area contributed by atoms with Gasteiger partial charge in [-0.15, -0.1) is 0 Å². The van der Waals surface area contributed by atoms with Gasteiger partial charge >= 0.3 is 5.97 Å². The topological polar surface area (TPSA) is 58.6 Å². The van der Waals surface area contributed by atoms with E-state index in [9.17, 15) is 9.59 Å². The van der Waals surface area contributed by atoms with Gasteiger partial charge in [-0.3, -0.25) is 4.79 Å². The van der Waals surface area contributed by atoms with Gasteiger partial charge in [-0.25, -0.2) is 4.79 Å². The van der Waals surface area contributed by atoms with Crippen molar-refractivity contribution < 1.29 is 14.3 Å². The molecule has 1 amide bonds. The molecule has 0 fully saturated rings. The van der Waals surface area contributed by atoms with Crippen LogP contribution in [0.3, 0.4) is 0 Å². The molecule has 0 spiro atoms. The predicted octanol–water partition coefficient (Wildman–Crippen LogP) is 1.40. The zero-order chi connectivity index (χ0) is 14.4. The Labute approximate surface area is 112 Å². The molecule has 19 heavy (non-hydrogen) atoms. The van der Waals surface area contributed by atoms with E-state index >= 15 is 0 Å². The first-order chi connectivity index (χ1) is 8.93. The number of anilines is 1. The first kappa shape index (κ1) is 14.8. The van der Waals surface area contributed by atoms with Crippen molar-refractivity contribution in [3.63, 3.8) is 0 Å². The van der Waals surface area contributed by atoms with E-state index in [1.165, 1.54) is 14.0 Å². The van der Waals surface area contributed by atoms with Gasteiger partial charge in [0.05, 0.1) is 7.11 Å². The van der Waals surface area contributed by atoms with E-state index < -0.39 is 5.97 Å². The summed E-state index contributed by atoms with van der Waals surface area (Å²) in [5.74, 6) is -0.895. The van der Waals surface area contributed by atoms with Crippen molar-refractivity contribution in [2.24, 2.45) is 0 Å². The lowest BCUT2D eigenvalue weighted by molar-refractivity contribution is -0.137. The molecule has 0 radical (unpaired) electrons. The van der Waals surface area contributed by atoms with E-state index in [0.29, 0.717) is 0 Å². The summed E-state index contributed by atoms with van der Waals surface area (Å²) in [4.78, 5) is 24.5. The fourth-order valence-corrected chi connectivity index (χ4v) is 1.48. The van der Waals surface area contributed by atoms with E-state index in [-0.39, 0.29) is 11.6 Å². The molecule has 0 aromatic heterocycles. The standard InChI is InChI=1S/C14H18N2O3/c1-10(17)15-13(14(18)19-4)9-11-5-7-12(8-6-11)16(2)3/h5-9H,1-4H3,(H,15,17)/b13-9+. The molecule has 0 atom stereocenters. The van der Waals surface area contributed by atoms with Gasteiger partial charge in [0.15, 0.2) is 0 Å². The predicted molar refractivity (Wildman–Crippen MR) is 74.6 cm³/mol. The SMILES string of the molecule is COC(=O)/C(=C\c1ccc(N(C)C)cc1)NC(C)=O. The number of hydrogen-bond donors (Lipinski definition) is 1. The number of hydrogen-bond acceptors (Lipinski definition) is 4. The molecular formula is C14H18N2O3. The highest BCUT2D eigenvalue weighted by Crippen LogP contribution is 2.14. The Hall–Kier alpha value is -2.30. The Balaban J connectivity index is 3.00. The van der Waals surface area contributed by atoms with Gasteiger partial charge in [-0.05, 0) is 23.8 Å². The average molecular weight is 262 g/mol. The maximum atomic E-state index is 11.5. The first-order valence-electron chi connectivity index (χ1n) is 5.79. The molecular weight excluding hydrogens is 244 g/mol. The average Bonchev–Trinajstić information content (AvgIpc) is 2.37. The number of nitrogens with zero attached hydrogens (tertiary/aromatic N) is 1. The molecule has 5 nitrogen and oxygen atoms in total. The van der Waals surface area contributed by atoms with Gasteiger partial charge in [-0.1, -0.05) is 12.1 Å². The molecule has 5 heteroatoms. The van der Waals surface area contributed by atoms with Crippen LogP contribution < -0.4 is 10.2 Å². The molecule has 1 N–H and O–H groups in total. The largest absolute Gasteiger partial charge is 0.464 e. The van der Waals surface area contributed by atoms with Crippen molar-refractivity contribution >= 4 is 23.6 Å². The van der Waals surface area contributed by atoms with E-state index in [4.69, 9.17) is 0 Å². The summed E-state index contributed by atoms with van der Waals surface area (Å²) >= 11 is 0. The van der Waals surface area contributed by atoms with E-state index in [2.05, 4.69) is 10.1 Å². The van der Waals surface area contributed by atoms with Gasteiger partial charge in [-0.2, -0.15) is 0 Å². The number of nitrogens with one attached hydrogen (secondary N) is 1. The van der Waals surface area contributed by atoms with Gasteiger partial charge < -0.3 is 15.0 Å². The summed E-state index contributed by atoms with van der Waals surface area (Å²) < 4.78 is 4.62. The van der Waals surface area contributed by atoms with Crippen LogP contribution in [0.15, 0.2) is 30.0 Å². The third-order valence-electron chi connectivity index (χ3n) is 2.44.